The van der Waals surface area contributed by atoms with Gasteiger partial charge < -0.3 is 20.2 Å². The van der Waals surface area contributed by atoms with Crippen LogP contribution in [0.5, 0.6) is 5.75 Å². The molecule has 0 spiro atoms. The molecule has 1 atom stereocenters. The first-order chi connectivity index (χ1) is 12.5. The Hall–Kier alpha value is -2.53. The van der Waals surface area contributed by atoms with Gasteiger partial charge in [-0.15, -0.1) is 0 Å². The number of rotatable bonds is 8. The van der Waals surface area contributed by atoms with Gasteiger partial charge >= 0.3 is 6.03 Å². The van der Waals surface area contributed by atoms with Crippen LogP contribution in [0.3, 0.4) is 0 Å². The maximum atomic E-state index is 12.9. The number of carbonyl (C=O) groups excluding carboxylic acids is 1. The van der Waals surface area contributed by atoms with Gasteiger partial charge in [-0.3, -0.25) is 0 Å². The minimum Gasteiger partial charge on any atom is -0.508 e. The molecule has 0 aliphatic rings. The van der Waals surface area contributed by atoms with Crippen LogP contribution in [-0.4, -0.2) is 48.1 Å². The van der Waals surface area contributed by atoms with Crippen LogP contribution in [0, 0.1) is 0 Å². The number of urea groups is 1. The number of carbonyl (C=O) groups is 1. The molecule has 0 saturated heterocycles. The maximum Gasteiger partial charge on any atom is 0.318 e. The zero-order valence-corrected chi connectivity index (χ0v) is 15.9. The lowest BCUT2D eigenvalue weighted by Gasteiger charge is -2.27. The Labute approximate surface area is 156 Å². The maximum absolute atomic E-state index is 12.9. The smallest absolute Gasteiger partial charge is 0.318 e. The van der Waals surface area contributed by atoms with E-state index in [2.05, 4.69) is 10.2 Å². The van der Waals surface area contributed by atoms with Crippen LogP contribution < -0.4 is 5.32 Å². The summed E-state index contributed by atoms with van der Waals surface area (Å²) in [6.45, 7) is 4.07. The molecule has 0 radical (unpaired) electrons. The summed E-state index contributed by atoms with van der Waals surface area (Å²) in [5.74, 6) is 0.228. The van der Waals surface area contributed by atoms with E-state index in [1.54, 1.807) is 12.1 Å². The van der Waals surface area contributed by atoms with Gasteiger partial charge in [0.15, 0.2) is 0 Å². The van der Waals surface area contributed by atoms with E-state index in [4.69, 9.17) is 0 Å². The molecule has 5 nitrogen and oxygen atoms in total. The van der Waals surface area contributed by atoms with Crippen molar-refractivity contribution in [3.05, 3.63) is 65.7 Å². The molecule has 2 aromatic carbocycles. The third-order valence-electron chi connectivity index (χ3n) is 4.32. The van der Waals surface area contributed by atoms with Crippen molar-refractivity contribution in [1.29, 1.82) is 0 Å². The zero-order chi connectivity index (χ0) is 18.9. The molecule has 0 heterocycles. The molecule has 0 bridgehead atoms. The van der Waals surface area contributed by atoms with Crippen molar-refractivity contribution >= 4 is 6.03 Å². The molecule has 0 fully saturated rings. The van der Waals surface area contributed by atoms with E-state index >= 15 is 0 Å². The van der Waals surface area contributed by atoms with Crippen LogP contribution in [0.1, 0.15) is 30.5 Å². The molecular formula is C21H29N3O2. The quantitative estimate of drug-likeness (QED) is 0.760. The molecule has 0 aliphatic heterocycles. The van der Waals surface area contributed by atoms with E-state index in [9.17, 15) is 9.90 Å². The lowest BCUT2D eigenvalue weighted by Crippen LogP contribution is -2.43. The Balaban J connectivity index is 2.09. The third-order valence-corrected chi connectivity index (χ3v) is 4.32. The summed E-state index contributed by atoms with van der Waals surface area (Å²) < 4.78 is 0. The van der Waals surface area contributed by atoms with Gasteiger partial charge in [0.05, 0.1) is 6.04 Å². The van der Waals surface area contributed by atoms with Crippen molar-refractivity contribution in [1.82, 2.24) is 15.1 Å². The lowest BCUT2D eigenvalue weighted by molar-refractivity contribution is 0.184. The summed E-state index contributed by atoms with van der Waals surface area (Å²) >= 11 is 0. The highest BCUT2D eigenvalue weighted by Crippen LogP contribution is 2.20. The number of nitrogens with zero attached hydrogens (tertiary/aromatic N) is 2. The largest absolute Gasteiger partial charge is 0.508 e. The van der Waals surface area contributed by atoms with Gasteiger partial charge in [-0.25, -0.2) is 4.79 Å². The Morgan fingerprint density at radius 3 is 2.27 bits per heavy atom. The topological polar surface area (TPSA) is 55.8 Å². The van der Waals surface area contributed by atoms with Gasteiger partial charge in [0.1, 0.15) is 5.75 Å². The average molecular weight is 355 g/mol. The number of hydrogen-bond acceptors (Lipinski definition) is 3. The molecule has 5 heteroatoms. The van der Waals surface area contributed by atoms with Crippen LogP contribution in [-0.2, 0) is 6.54 Å². The summed E-state index contributed by atoms with van der Waals surface area (Å²) in [6.07, 6.45) is 0.781. The standard InChI is InChI=1S/C21H29N3O2/c1-4-20(18-10-12-19(25)13-11-18)22-21(26)24(15-14-23(2)3)16-17-8-6-5-7-9-17/h5-13,20,25H,4,14-16H2,1-3H3,(H,22,26). The SMILES string of the molecule is CCC(NC(=O)N(CCN(C)C)Cc1ccccc1)c1ccc(O)cc1. The number of nitrogens with one attached hydrogen (secondary N) is 1. The highest BCUT2D eigenvalue weighted by Gasteiger charge is 2.18. The molecule has 0 aliphatic carbocycles. The van der Waals surface area contributed by atoms with E-state index in [1.807, 2.05) is 68.4 Å². The van der Waals surface area contributed by atoms with E-state index in [0.29, 0.717) is 13.1 Å². The number of hydrogen-bond donors (Lipinski definition) is 2. The molecule has 0 aromatic heterocycles. The van der Waals surface area contributed by atoms with Gasteiger partial charge in [0.2, 0.25) is 0 Å². The summed E-state index contributed by atoms with van der Waals surface area (Å²) in [5, 5.41) is 12.6. The van der Waals surface area contributed by atoms with Crippen molar-refractivity contribution in [2.24, 2.45) is 0 Å². The summed E-state index contributed by atoms with van der Waals surface area (Å²) in [4.78, 5) is 16.8. The predicted molar refractivity (Wildman–Crippen MR) is 105 cm³/mol. The Morgan fingerprint density at radius 1 is 1.04 bits per heavy atom. The van der Waals surface area contributed by atoms with Crippen LogP contribution in [0.4, 0.5) is 4.79 Å². The fourth-order valence-corrected chi connectivity index (χ4v) is 2.74. The first kappa shape index (κ1) is 19.8. The molecule has 2 N–H and O–H groups in total. The lowest BCUT2D eigenvalue weighted by atomic mass is 10.0. The van der Waals surface area contributed by atoms with E-state index < -0.39 is 0 Å². The van der Waals surface area contributed by atoms with Crippen molar-refractivity contribution < 1.29 is 9.90 Å². The zero-order valence-electron chi connectivity index (χ0n) is 15.9. The normalized spacial score (nSPS) is 12.0. The first-order valence-corrected chi connectivity index (χ1v) is 9.02. The van der Waals surface area contributed by atoms with Gasteiger partial charge in [-0.2, -0.15) is 0 Å². The second-order valence-corrected chi connectivity index (χ2v) is 6.71. The molecule has 2 amide bonds. The van der Waals surface area contributed by atoms with Crippen molar-refractivity contribution in [2.75, 3.05) is 27.2 Å². The monoisotopic (exact) mass is 355 g/mol. The van der Waals surface area contributed by atoms with E-state index in [0.717, 1.165) is 24.1 Å². The summed E-state index contributed by atoms with van der Waals surface area (Å²) in [6, 6.07) is 16.9. The van der Waals surface area contributed by atoms with Gasteiger partial charge in [0.25, 0.3) is 0 Å². The van der Waals surface area contributed by atoms with Crippen LogP contribution >= 0.6 is 0 Å². The minimum absolute atomic E-state index is 0.0735. The second-order valence-electron chi connectivity index (χ2n) is 6.71. The average Bonchev–Trinajstić information content (AvgIpc) is 2.64. The highest BCUT2D eigenvalue weighted by atomic mass is 16.3. The van der Waals surface area contributed by atoms with E-state index in [-0.39, 0.29) is 17.8 Å². The molecule has 0 saturated carbocycles. The molecule has 2 rings (SSSR count). The van der Waals surface area contributed by atoms with Crippen molar-refractivity contribution in [3.63, 3.8) is 0 Å². The fraction of sp³-hybridized carbons (Fsp3) is 0.381. The predicted octanol–water partition coefficient (Wildman–Crippen LogP) is 3.62. The van der Waals surface area contributed by atoms with Gasteiger partial charge in [-0.1, -0.05) is 49.4 Å². The van der Waals surface area contributed by atoms with Crippen LogP contribution in [0.2, 0.25) is 0 Å². The molecule has 1 unspecified atom stereocenters. The van der Waals surface area contributed by atoms with Crippen molar-refractivity contribution in [3.8, 4) is 5.75 Å². The number of amides is 2. The third kappa shape index (κ3) is 6.08. The van der Waals surface area contributed by atoms with E-state index in [1.165, 1.54) is 0 Å². The molecule has 26 heavy (non-hydrogen) atoms. The fourth-order valence-electron chi connectivity index (χ4n) is 2.74. The highest BCUT2D eigenvalue weighted by molar-refractivity contribution is 5.74. The molecule has 2 aromatic rings. The van der Waals surface area contributed by atoms with Gasteiger partial charge in [-0.05, 0) is 43.8 Å². The number of benzene rings is 2. The number of aromatic hydroxyl groups is 1. The Bertz CT molecular complexity index is 671. The number of phenolic OH excluding ortho intramolecular Hbond substituents is 1. The Kier molecular flexibility index (Phi) is 7.48. The Morgan fingerprint density at radius 2 is 1.69 bits per heavy atom. The second kappa shape index (κ2) is 9.82. The summed E-state index contributed by atoms with van der Waals surface area (Å²) in [7, 11) is 4.01. The summed E-state index contributed by atoms with van der Waals surface area (Å²) in [5.41, 5.74) is 2.10. The van der Waals surface area contributed by atoms with Crippen LogP contribution in [0.15, 0.2) is 54.6 Å². The number of phenols is 1. The van der Waals surface area contributed by atoms with Crippen LogP contribution in [0.25, 0.3) is 0 Å². The first-order valence-electron chi connectivity index (χ1n) is 9.02. The molecular weight excluding hydrogens is 326 g/mol. The van der Waals surface area contributed by atoms with Gasteiger partial charge in [0, 0.05) is 19.6 Å². The molecule has 140 valence electrons. The number of likely N-dealkylation sites (N-methyl/N-ethyl adjacent to an activating group) is 1. The van der Waals surface area contributed by atoms with Crippen molar-refractivity contribution in [2.45, 2.75) is 25.9 Å². The minimum atomic E-state index is -0.0827.